The van der Waals surface area contributed by atoms with E-state index < -0.39 is 0 Å². The summed E-state index contributed by atoms with van der Waals surface area (Å²) in [5.41, 5.74) is 7.64. The molecule has 1 aromatic rings. The van der Waals surface area contributed by atoms with Crippen LogP contribution in [0.3, 0.4) is 0 Å². The van der Waals surface area contributed by atoms with E-state index in [1.165, 1.54) is 0 Å². The molecular weight excluding hydrogens is 242 g/mol. The maximum absolute atomic E-state index is 5.54. The van der Waals surface area contributed by atoms with Crippen molar-refractivity contribution in [3.8, 4) is 0 Å². The normalized spacial score (nSPS) is 16.1. The predicted octanol–water partition coefficient (Wildman–Crippen LogP) is 2.30. The Morgan fingerprint density at radius 2 is 1.93 bits per heavy atom. The Bertz CT molecular complexity index is 410. The molecule has 1 aliphatic rings. The van der Waals surface area contributed by atoms with Crippen LogP contribution in [0.1, 0.15) is 18.4 Å². The molecule has 1 aliphatic heterocycles. The monoisotopic (exact) mass is 251 g/mol. The van der Waals surface area contributed by atoms with Crippen LogP contribution in [0.4, 0.5) is 0 Å². The van der Waals surface area contributed by atoms with Gasteiger partial charge in [0.2, 0.25) is 0 Å². The molecule has 0 fully saturated rings. The SMILES string of the molecule is NC1=NN=C(c2ccccc2Br)CC1. The van der Waals surface area contributed by atoms with Crippen molar-refractivity contribution in [1.29, 1.82) is 0 Å². The minimum Gasteiger partial charge on any atom is -0.386 e. The molecule has 4 heteroatoms. The molecule has 0 saturated carbocycles. The van der Waals surface area contributed by atoms with Crippen molar-refractivity contribution in [3.05, 3.63) is 34.3 Å². The summed E-state index contributed by atoms with van der Waals surface area (Å²) < 4.78 is 1.05. The van der Waals surface area contributed by atoms with E-state index in [0.717, 1.165) is 28.6 Å². The van der Waals surface area contributed by atoms with E-state index in [1.54, 1.807) is 0 Å². The highest BCUT2D eigenvalue weighted by molar-refractivity contribution is 9.10. The Morgan fingerprint density at radius 1 is 1.14 bits per heavy atom. The molecule has 0 unspecified atom stereocenters. The average Bonchev–Trinajstić information content (AvgIpc) is 2.20. The summed E-state index contributed by atoms with van der Waals surface area (Å²) in [6, 6.07) is 8.00. The first-order valence-corrected chi connectivity index (χ1v) is 5.20. The number of nitrogens with two attached hydrogens (primary N) is 1. The Hall–Kier alpha value is -1.16. The van der Waals surface area contributed by atoms with Gasteiger partial charge in [0, 0.05) is 16.5 Å². The molecule has 0 saturated heterocycles. The number of halogens is 1. The molecule has 0 atom stereocenters. The van der Waals surface area contributed by atoms with E-state index in [4.69, 9.17) is 5.73 Å². The zero-order chi connectivity index (χ0) is 9.97. The Kier molecular flexibility index (Phi) is 2.63. The maximum atomic E-state index is 5.54. The van der Waals surface area contributed by atoms with Crippen molar-refractivity contribution >= 4 is 27.5 Å². The summed E-state index contributed by atoms with van der Waals surface area (Å²) in [4.78, 5) is 0. The molecule has 0 amide bonds. The minimum absolute atomic E-state index is 0.612. The van der Waals surface area contributed by atoms with Gasteiger partial charge in [-0.15, -0.1) is 5.10 Å². The highest BCUT2D eigenvalue weighted by atomic mass is 79.9. The molecule has 2 N–H and O–H groups in total. The van der Waals surface area contributed by atoms with E-state index in [1.807, 2.05) is 24.3 Å². The summed E-state index contributed by atoms with van der Waals surface area (Å²) >= 11 is 3.49. The van der Waals surface area contributed by atoms with Crippen molar-refractivity contribution < 1.29 is 0 Å². The van der Waals surface area contributed by atoms with Crippen LogP contribution in [0.5, 0.6) is 0 Å². The van der Waals surface area contributed by atoms with E-state index in [-0.39, 0.29) is 0 Å². The first kappa shape index (κ1) is 9.40. The highest BCUT2D eigenvalue weighted by Crippen LogP contribution is 2.20. The molecule has 14 heavy (non-hydrogen) atoms. The van der Waals surface area contributed by atoms with Crippen LogP contribution in [0, 0.1) is 0 Å². The summed E-state index contributed by atoms with van der Waals surface area (Å²) in [6.45, 7) is 0. The number of rotatable bonds is 1. The van der Waals surface area contributed by atoms with Gasteiger partial charge in [-0.1, -0.05) is 34.1 Å². The fourth-order valence-electron chi connectivity index (χ4n) is 1.35. The Morgan fingerprint density at radius 3 is 2.57 bits per heavy atom. The fraction of sp³-hybridized carbons (Fsp3) is 0.200. The van der Waals surface area contributed by atoms with Crippen molar-refractivity contribution in [2.75, 3.05) is 0 Å². The van der Waals surface area contributed by atoms with Crippen molar-refractivity contribution in [2.24, 2.45) is 15.9 Å². The van der Waals surface area contributed by atoms with Crippen LogP contribution >= 0.6 is 15.9 Å². The molecule has 0 aromatic heterocycles. The maximum Gasteiger partial charge on any atom is 0.122 e. The largest absolute Gasteiger partial charge is 0.386 e. The summed E-state index contributed by atoms with van der Waals surface area (Å²) in [6.07, 6.45) is 1.65. The third-order valence-corrected chi connectivity index (χ3v) is 2.79. The van der Waals surface area contributed by atoms with Crippen LogP contribution in [-0.4, -0.2) is 11.5 Å². The van der Waals surface area contributed by atoms with Crippen LogP contribution < -0.4 is 5.73 Å². The summed E-state index contributed by atoms with van der Waals surface area (Å²) in [5, 5.41) is 7.98. The second-order valence-electron chi connectivity index (χ2n) is 3.12. The molecule has 0 aliphatic carbocycles. The van der Waals surface area contributed by atoms with Gasteiger partial charge in [0.15, 0.2) is 0 Å². The van der Waals surface area contributed by atoms with Gasteiger partial charge in [0.1, 0.15) is 5.84 Å². The number of nitrogens with zero attached hydrogens (tertiary/aromatic N) is 2. The zero-order valence-corrected chi connectivity index (χ0v) is 9.16. The van der Waals surface area contributed by atoms with Crippen LogP contribution in [0.25, 0.3) is 0 Å². The topological polar surface area (TPSA) is 50.7 Å². The second-order valence-corrected chi connectivity index (χ2v) is 3.97. The summed E-state index contributed by atoms with van der Waals surface area (Å²) in [5.74, 6) is 0.612. The van der Waals surface area contributed by atoms with Crippen LogP contribution in [-0.2, 0) is 0 Å². The van der Waals surface area contributed by atoms with E-state index >= 15 is 0 Å². The van der Waals surface area contributed by atoms with E-state index in [0.29, 0.717) is 5.84 Å². The van der Waals surface area contributed by atoms with Gasteiger partial charge >= 0.3 is 0 Å². The number of hydrogen-bond acceptors (Lipinski definition) is 3. The number of benzene rings is 1. The lowest BCUT2D eigenvalue weighted by atomic mass is 10.1. The minimum atomic E-state index is 0.612. The lowest BCUT2D eigenvalue weighted by Gasteiger charge is -2.10. The predicted molar refractivity (Wildman–Crippen MR) is 61.5 cm³/mol. The van der Waals surface area contributed by atoms with E-state index in [2.05, 4.69) is 26.1 Å². The van der Waals surface area contributed by atoms with Crippen LogP contribution in [0.2, 0.25) is 0 Å². The molecule has 0 radical (unpaired) electrons. The van der Waals surface area contributed by atoms with Gasteiger partial charge < -0.3 is 5.73 Å². The van der Waals surface area contributed by atoms with Gasteiger partial charge in [-0.2, -0.15) is 5.10 Å². The van der Waals surface area contributed by atoms with Gasteiger partial charge in [0.25, 0.3) is 0 Å². The number of amidine groups is 1. The lowest BCUT2D eigenvalue weighted by Crippen LogP contribution is -2.17. The quantitative estimate of drug-likeness (QED) is 0.819. The zero-order valence-electron chi connectivity index (χ0n) is 7.57. The smallest absolute Gasteiger partial charge is 0.122 e. The second kappa shape index (κ2) is 3.92. The molecular formula is C10H10BrN3. The number of hydrogen-bond donors (Lipinski definition) is 1. The third-order valence-electron chi connectivity index (χ3n) is 2.10. The molecule has 2 rings (SSSR count). The fourth-order valence-corrected chi connectivity index (χ4v) is 1.87. The van der Waals surface area contributed by atoms with Gasteiger partial charge in [-0.25, -0.2) is 0 Å². The van der Waals surface area contributed by atoms with Gasteiger partial charge in [-0.05, 0) is 12.5 Å². The molecule has 0 bridgehead atoms. The molecule has 1 aromatic carbocycles. The summed E-state index contributed by atoms with van der Waals surface area (Å²) in [7, 11) is 0. The molecule has 3 nitrogen and oxygen atoms in total. The molecule has 0 spiro atoms. The van der Waals surface area contributed by atoms with Crippen molar-refractivity contribution in [2.45, 2.75) is 12.8 Å². The standard InChI is InChI=1S/C10H10BrN3/c11-8-4-2-1-3-7(8)9-5-6-10(12)14-13-9/h1-4H,5-6H2,(H2,12,14). The first-order chi connectivity index (χ1) is 6.77. The highest BCUT2D eigenvalue weighted by Gasteiger charge is 2.11. The van der Waals surface area contributed by atoms with E-state index in [9.17, 15) is 0 Å². The lowest BCUT2D eigenvalue weighted by molar-refractivity contribution is 1.02. The molecule has 72 valence electrons. The van der Waals surface area contributed by atoms with Crippen molar-refractivity contribution in [1.82, 2.24) is 0 Å². The molecule has 1 heterocycles. The first-order valence-electron chi connectivity index (χ1n) is 4.41. The third kappa shape index (κ3) is 1.85. The average molecular weight is 252 g/mol. The Balaban J connectivity index is 2.37. The van der Waals surface area contributed by atoms with Gasteiger partial charge in [-0.3, -0.25) is 0 Å². The van der Waals surface area contributed by atoms with Crippen LogP contribution in [0.15, 0.2) is 38.9 Å². The Labute approximate surface area is 90.9 Å². The van der Waals surface area contributed by atoms with Gasteiger partial charge in [0.05, 0.1) is 5.71 Å². The van der Waals surface area contributed by atoms with Crippen molar-refractivity contribution in [3.63, 3.8) is 0 Å².